The average molecular weight is 483 g/mol. The van der Waals surface area contributed by atoms with Crippen LogP contribution in [0, 0.1) is 11.6 Å². The van der Waals surface area contributed by atoms with Crippen LogP contribution in [-0.4, -0.2) is 20.7 Å². The predicted octanol–water partition coefficient (Wildman–Crippen LogP) is 5.50. The number of nitrogens with one attached hydrogen (secondary N) is 1. The van der Waals surface area contributed by atoms with E-state index in [1.807, 2.05) is 12.1 Å². The molecule has 0 spiro atoms. The normalized spacial score (nSPS) is 11.9. The fourth-order valence-electron chi connectivity index (χ4n) is 3.23. The van der Waals surface area contributed by atoms with Crippen molar-refractivity contribution in [2.75, 3.05) is 5.32 Å². The van der Waals surface area contributed by atoms with Gasteiger partial charge in [-0.05, 0) is 59.7 Å². The van der Waals surface area contributed by atoms with Gasteiger partial charge in [0.15, 0.2) is 0 Å². The number of alkyl halides is 1. The first kappa shape index (κ1) is 20.9. The van der Waals surface area contributed by atoms with E-state index in [0.717, 1.165) is 5.56 Å². The Hall–Kier alpha value is -3.39. The molecule has 0 radical (unpaired) electrons. The average Bonchev–Trinajstić information content (AvgIpc) is 3.10. The highest BCUT2D eigenvalue weighted by Crippen LogP contribution is 2.38. The van der Waals surface area contributed by atoms with E-state index in [1.54, 1.807) is 48.4 Å². The summed E-state index contributed by atoms with van der Waals surface area (Å²) < 4.78 is 28.2. The maximum Gasteiger partial charge on any atom is 0.243 e. The molecule has 4 rings (SSSR count). The minimum atomic E-state index is -0.692. The third-order valence-electron chi connectivity index (χ3n) is 4.77. The van der Waals surface area contributed by atoms with Gasteiger partial charge in [0.05, 0.1) is 5.56 Å². The number of rotatable bonds is 5. The number of hydrogen-bond acceptors (Lipinski definition) is 3. The summed E-state index contributed by atoms with van der Waals surface area (Å²) in [5, 5.41) is 7.50. The molecule has 0 aliphatic rings. The van der Waals surface area contributed by atoms with Crippen LogP contribution in [0.15, 0.2) is 73.1 Å². The van der Waals surface area contributed by atoms with E-state index in [0.29, 0.717) is 28.2 Å². The third kappa shape index (κ3) is 4.39. The summed E-state index contributed by atoms with van der Waals surface area (Å²) in [7, 11) is 1.72. The molecule has 0 bridgehead atoms. The Balaban J connectivity index is 1.76. The fraction of sp³-hybridized carbons (Fsp3) is 0.0870. The summed E-state index contributed by atoms with van der Waals surface area (Å²) in [6.45, 7) is 0. The van der Waals surface area contributed by atoms with Crippen LogP contribution in [0.25, 0.3) is 22.4 Å². The number of carbonyl (C=O) groups is 1. The first-order valence-corrected chi connectivity index (χ1v) is 10.3. The minimum Gasteiger partial charge on any atom is -0.309 e. The summed E-state index contributed by atoms with van der Waals surface area (Å²) in [4.78, 5) is 16.3. The number of anilines is 1. The van der Waals surface area contributed by atoms with Crippen LogP contribution in [0.5, 0.6) is 0 Å². The molecule has 4 aromatic rings. The Labute approximate surface area is 185 Å². The van der Waals surface area contributed by atoms with E-state index in [2.05, 4.69) is 31.3 Å². The number of carbonyl (C=O) groups excluding carboxylic acids is 1. The van der Waals surface area contributed by atoms with Crippen LogP contribution in [0.4, 0.5) is 14.6 Å². The summed E-state index contributed by atoms with van der Waals surface area (Å²) in [6.07, 6.45) is 3.29. The number of benzene rings is 2. The van der Waals surface area contributed by atoms with Crippen molar-refractivity contribution in [3.63, 3.8) is 0 Å². The van der Waals surface area contributed by atoms with Gasteiger partial charge in [-0.1, -0.05) is 28.1 Å². The molecule has 2 aromatic carbocycles. The molecular formula is C23H17BrF2N4O. The van der Waals surface area contributed by atoms with Gasteiger partial charge in [-0.25, -0.2) is 8.78 Å². The highest BCUT2D eigenvalue weighted by Gasteiger charge is 2.24. The molecule has 1 atom stereocenters. The van der Waals surface area contributed by atoms with Gasteiger partial charge in [0.1, 0.15) is 28.0 Å². The van der Waals surface area contributed by atoms with E-state index in [4.69, 9.17) is 0 Å². The molecule has 2 aromatic heterocycles. The van der Waals surface area contributed by atoms with Crippen molar-refractivity contribution in [1.29, 1.82) is 0 Å². The largest absolute Gasteiger partial charge is 0.309 e. The van der Waals surface area contributed by atoms with Gasteiger partial charge in [0.25, 0.3) is 0 Å². The quantitative estimate of drug-likeness (QED) is 0.382. The number of aromatic nitrogens is 3. The Bertz CT molecular complexity index is 1210. The maximum absolute atomic E-state index is 13.4. The van der Waals surface area contributed by atoms with Crippen molar-refractivity contribution < 1.29 is 13.6 Å². The smallest absolute Gasteiger partial charge is 0.243 e. The standard InChI is InChI=1S/C23H17BrF2N4O/c1-30-22(28-23(31)20(24)15-2-6-17(25)7-3-15)19(14-10-12-27-13-11-14)21(29-30)16-4-8-18(26)9-5-16/h2-13,20H,1H3,(H,28,31). The zero-order valence-corrected chi connectivity index (χ0v) is 18.0. The zero-order chi connectivity index (χ0) is 22.0. The van der Waals surface area contributed by atoms with Crippen molar-refractivity contribution in [3.8, 4) is 22.4 Å². The van der Waals surface area contributed by atoms with E-state index < -0.39 is 4.83 Å². The molecule has 0 aliphatic carbocycles. The van der Waals surface area contributed by atoms with Gasteiger partial charge < -0.3 is 5.32 Å². The zero-order valence-electron chi connectivity index (χ0n) is 16.4. The minimum absolute atomic E-state index is 0.337. The fourth-order valence-corrected chi connectivity index (χ4v) is 3.65. The Morgan fingerprint density at radius 3 is 2.13 bits per heavy atom. The third-order valence-corrected chi connectivity index (χ3v) is 5.71. The predicted molar refractivity (Wildman–Crippen MR) is 119 cm³/mol. The lowest BCUT2D eigenvalue weighted by molar-refractivity contribution is -0.115. The number of amides is 1. The second-order valence-corrected chi connectivity index (χ2v) is 7.76. The maximum atomic E-state index is 13.4. The van der Waals surface area contributed by atoms with Gasteiger partial charge in [0, 0.05) is 25.0 Å². The summed E-state index contributed by atoms with van der Waals surface area (Å²) in [5.41, 5.74) is 3.40. The number of hydrogen-bond donors (Lipinski definition) is 1. The Morgan fingerprint density at radius 1 is 0.935 bits per heavy atom. The van der Waals surface area contributed by atoms with Crippen molar-refractivity contribution in [2.24, 2.45) is 7.05 Å². The molecule has 0 aliphatic heterocycles. The van der Waals surface area contributed by atoms with Crippen LogP contribution >= 0.6 is 15.9 Å². The Morgan fingerprint density at radius 2 is 1.52 bits per heavy atom. The van der Waals surface area contributed by atoms with Crippen molar-refractivity contribution in [2.45, 2.75) is 4.83 Å². The van der Waals surface area contributed by atoms with E-state index >= 15 is 0 Å². The topological polar surface area (TPSA) is 59.8 Å². The van der Waals surface area contributed by atoms with Gasteiger partial charge >= 0.3 is 0 Å². The lowest BCUT2D eigenvalue weighted by Gasteiger charge is -2.13. The van der Waals surface area contributed by atoms with Crippen molar-refractivity contribution in [1.82, 2.24) is 14.8 Å². The first-order valence-electron chi connectivity index (χ1n) is 9.38. The molecule has 1 N–H and O–H groups in total. The van der Waals surface area contributed by atoms with Gasteiger partial charge in [-0.3, -0.25) is 14.5 Å². The van der Waals surface area contributed by atoms with Crippen LogP contribution in [0.2, 0.25) is 0 Å². The summed E-state index contributed by atoms with van der Waals surface area (Å²) in [6, 6.07) is 15.3. The monoisotopic (exact) mass is 482 g/mol. The number of halogens is 3. The van der Waals surface area contributed by atoms with Crippen LogP contribution in [0.3, 0.4) is 0 Å². The molecule has 1 amide bonds. The second kappa shape index (κ2) is 8.77. The second-order valence-electron chi connectivity index (χ2n) is 6.84. The SMILES string of the molecule is Cn1nc(-c2ccc(F)cc2)c(-c2ccncc2)c1NC(=O)C(Br)c1ccc(F)cc1. The molecule has 1 unspecified atom stereocenters. The Kier molecular flexibility index (Phi) is 5.90. The van der Waals surface area contributed by atoms with Crippen molar-refractivity contribution in [3.05, 3.63) is 90.3 Å². The molecular weight excluding hydrogens is 466 g/mol. The summed E-state index contributed by atoms with van der Waals surface area (Å²) >= 11 is 3.38. The van der Waals surface area contributed by atoms with E-state index in [1.165, 1.54) is 24.3 Å². The highest BCUT2D eigenvalue weighted by molar-refractivity contribution is 9.09. The molecule has 5 nitrogen and oxygen atoms in total. The molecule has 0 saturated heterocycles. The van der Waals surface area contributed by atoms with E-state index in [-0.39, 0.29) is 17.5 Å². The number of nitrogens with zero attached hydrogens (tertiary/aromatic N) is 3. The molecule has 0 saturated carbocycles. The highest BCUT2D eigenvalue weighted by atomic mass is 79.9. The van der Waals surface area contributed by atoms with Gasteiger partial charge in [-0.15, -0.1) is 0 Å². The molecule has 2 heterocycles. The molecule has 31 heavy (non-hydrogen) atoms. The first-order chi connectivity index (χ1) is 14.9. The van der Waals surface area contributed by atoms with Crippen LogP contribution in [-0.2, 0) is 11.8 Å². The van der Waals surface area contributed by atoms with Crippen LogP contribution in [0.1, 0.15) is 10.4 Å². The molecule has 156 valence electrons. The number of pyridine rings is 1. The number of aryl methyl sites for hydroxylation is 1. The van der Waals surface area contributed by atoms with Gasteiger partial charge in [-0.2, -0.15) is 5.10 Å². The summed E-state index contributed by atoms with van der Waals surface area (Å²) in [5.74, 6) is -0.586. The van der Waals surface area contributed by atoms with Gasteiger partial charge in [0.2, 0.25) is 5.91 Å². The lowest BCUT2D eigenvalue weighted by Crippen LogP contribution is -2.19. The lowest BCUT2D eigenvalue weighted by atomic mass is 10.0. The molecule has 0 fully saturated rings. The molecule has 8 heteroatoms. The van der Waals surface area contributed by atoms with E-state index in [9.17, 15) is 13.6 Å². The van der Waals surface area contributed by atoms with Crippen LogP contribution < -0.4 is 5.32 Å². The van der Waals surface area contributed by atoms with Crippen molar-refractivity contribution >= 4 is 27.7 Å².